The normalized spacial score (nSPS) is 12.3. The predicted octanol–water partition coefficient (Wildman–Crippen LogP) is 3.67. The molecule has 1 atom stereocenters. The second kappa shape index (κ2) is 9.97. The van der Waals surface area contributed by atoms with Gasteiger partial charge in [-0.1, -0.05) is 17.7 Å². The summed E-state index contributed by atoms with van der Waals surface area (Å²) in [5.41, 5.74) is 2.13. The predicted molar refractivity (Wildman–Crippen MR) is 117 cm³/mol. The molecule has 1 aromatic heterocycles. The van der Waals surface area contributed by atoms with Crippen LogP contribution in [0.5, 0.6) is 5.75 Å². The van der Waals surface area contributed by atoms with Crippen LogP contribution in [0.4, 0.5) is 27.6 Å². The first kappa shape index (κ1) is 26.7. The lowest BCUT2D eigenvalue weighted by atomic mass is 10.1. The Bertz CT molecular complexity index is 1380. The average Bonchev–Trinajstić information content (AvgIpc) is 3.12. The highest BCUT2D eigenvalue weighted by Crippen LogP contribution is 2.32. The molecule has 192 valence electrons. The van der Waals surface area contributed by atoms with Crippen molar-refractivity contribution in [2.75, 3.05) is 5.32 Å². The van der Waals surface area contributed by atoms with E-state index in [1.54, 1.807) is 0 Å². The summed E-state index contributed by atoms with van der Waals surface area (Å²) in [5.74, 6) is -6.00. The van der Waals surface area contributed by atoms with Gasteiger partial charge in [-0.2, -0.15) is 17.9 Å². The number of primary amides is 1. The molecule has 0 aliphatic carbocycles. The Morgan fingerprint density at radius 1 is 1.22 bits per heavy atom. The lowest BCUT2D eigenvalue weighted by Gasteiger charge is -2.20. The summed E-state index contributed by atoms with van der Waals surface area (Å²) >= 11 is 5.86. The molecule has 3 aromatic rings. The van der Waals surface area contributed by atoms with Crippen molar-refractivity contribution in [3.05, 3.63) is 68.9 Å². The van der Waals surface area contributed by atoms with Crippen LogP contribution in [0.3, 0.4) is 0 Å². The van der Waals surface area contributed by atoms with Crippen LogP contribution in [0, 0.1) is 11.6 Å². The minimum Gasteiger partial charge on any atom is -0.480 e. The summed E-state index contributed by atoms with van der Waals surface area (Å²) in [5, 5.41) is 5.48. The monoisotopic (exact) mass is 533 g/mol. The number of alkyl halides is 3. The van der Waals surface area contributed by atoms with Crippen LogP contribution in [0.15, 0.2) is 35.1 Å². The van der Waals surface area contributed by atoms with Crippen molar-refractivity contribution in [2.45, 2.75) is 32.7 Å². The van der Waals surface area contributed by atoms with E-state index in [-0.39, 0.29) is 11.6 Å². The molecule has 0 fully saturated rings. The highest BCUT2D eigenvalue weighted by molar-refractivity contribution is 6.34. The number of hydrogen-bond donors (Lipinski definition) is 2. The van der Waals surface area contributed by atoms with Crippen molar-refractivity contribution in [3.8, 4) is 11.4 Å². The number of aromatic nitrogens is 3. The minimum absolute atomic E-state index is 0.0862. The van der Waals surface area contributed by atoms with Crippen LogP contribution in [0.1, 0.15) is 34.8 Å². The highest BCUT2D eigenvalue weighted by Gasteiger charge is 2.39. The summed E-state index contributed by atoms with van der Waals surface area (Å²) < 4.78 is 74.8. The van der Waals surface area contributed by atoms with Gasteiger partial charge in [0.15, 0.2) is 6.10 Å². The van der Waals surface area contributed by atoms with Gasteiger partial charge in [0, 0.05) is 12.6 Å². The van der Waals surface area contributed by atoms with Gasteiger partial charge in [-0.25, -0.2) is 13.6 Å². The van der Waals surface area contributed by atoms with Gasteiger partial charge in [0.2, 0.25) is 5.82 Å². The molecule has 3 N–H and O–H groups in total. The van der Waals surface area contributed by atoms with Crippen molar-refractivity contribution in [3.63, 3.8) is 0 Å². The fourth-order valence-electron chi connectivity index (χ4n) is 3.06. The largest absolute Gasteiger partial charge is 0.480 e. The lowest BCUT2D eigenvalue weighted by Crippen LogP contribution is -2.32. The van der Waals surface area contributed by atoms with E-state index in [9.17, 15) is 31.9 Å². The van der Waals surface area contributed by atoms with Gasteiger partial charge < -0.3 is 15.8 Å². The number of carbonyl (C=O) groups is 2. The number of hydrogen-bond acceptors (Lipinski definition) is 5. The number of carbonyl (C=O) groups excluding carboxylic acids is 2. The molecular weight excluding hydrogens is 517 g/mol. The first-order chi connectivity index (χ1) is 16.8. The van der Waals surface area contributed by atoms with Gasteiger partial charge >= 0.3 is 11.9 Å². The Morgan fingerprint density at radius 3 is 2.42 bits per heavy atom. The first-order valence-corrected chi connectivity index (χ1v) is 10.5. The third-order valence-corrected chi connectivity index (χ3v) is 5.20. The number of benzene rings is 2. The topological polar surface area (TPSA) is 121 Å². The average molecular weight is 534 g/mol. The molecule has 1 heterocycles. The number of ether oxygens (including phenoxy) is 1. The van der Waals surface area contributed by atoms with Gasteiger partial charge in [-0.05, 0) is 32.0 Å². The van der Waals surface area contributed by atoms with Crippen molar-refractivity contribution < 1.29 is 36.3 Å². The standard InChI is InChI=1S/C21H17ClF5N5O4/c1-3-31-18(17(28)33)30-32(20(31)35)14-8-15(36-9(2)21(25,26)27)10(7-13(14)24)19(34)29-16-11(22)5-4-6-12(16)23/h4-9H,3H2,1-2H3,(H2,28,33)(H,29,34)/t9-/m0/s1. The molecule has 0 saturated carbocycles. The van der Waals surface area contributed by atoms with Crippen molar-refractivity contribution in [2.24, 2.45) is 5.73 Å². The molecular formula is C21H17ClF5N5O4. The molecule has 0 aliphatic heterocycles. The zero-order valence-electron chi connectivity index (χ0n) is 18.5. The van der Waals surface area contributed by atoms with Crippen LogP contribution < -0.4 is 21.5 Å². The summed E-state index contributed by atoms with van der Waals surface area (Å²) in [7, 11) is 0. The second-order valence-electron chi connectivity index (χ2n) is 7.28. The Hall–Kier alpha value is -3.94. The Kier molecular flexibility index (Phi) is 7.38. The fourth-order valence-corrected chi connectivity index (χ4v) is 3.27. The molecule has 15 heteroatoms. The number of anilines is 1. The van der Waals surface area contributed by atoms with E-state index in [1.165, 1.54) is 19.1 Å². The zero-order chi connectivity index (χ0) is 26.9. The van der Waals surface area contributed by atoms with E-state index in [0.717, 1.165) is 10.6 Å². The van der Waals surface area contributed by atoms with Gasteiger partial charge in [-0.15, -0.1) is 5.10 Å². The molecule has 3 rings (SSSR count). The van der Waals surface area contributed by atoms with E-state index in [4.69, 9.17) is 22.1 Å². The quantitative estimate of drug-likeness (QED) is 0.449. The van der Waals surface area contributed by atoms with E-state index in [0.29, 0.717) is 23.7 Å². The van der Waals surface area contributed by atoms with Gasteiger partial charge in [-0.3, -0.25) is 14.2 Å². The van der Waals surface area contributed by atoms with E-state index < -0.39 is 69.9 Å². The fraction of sp³-hybridized carbons (Fsp3) is 0.238. The number of nitrogens with two attached hydrogens (primary N) is 1. The Balaban J connectivity index is 2.18. The molecule has 9 nitrogen and oxygen atoms in total. The molecule has 36 heavy (non-hydrogen) atoms. The van der Waals surface area contributed by atoms with Gasteiger partial charge in [0.25, 0.3) is 11.8 Å². The molecule has 0 saturated heterocycles. The molecule has 0 unspecified atom stereocenters. The molecule has 0 aliphatic rings. The van der Waals surface area contributed by atoms with E-state index in [2.05, 4.69) is 10.4 Å². The third-order valence-electron chi connectivity index (χ3n) is 4.89. The smallest absolute Gasteiger partial charge is 0.425 e. The van der Waals surface area contributed by atoms with Crippen molar-refractivity contribution in [1.29, 1.82) is 0 Å². The van der Waals surface area contributed by atoms with Crippen LogP contribution in [0.25, 0.3) is 5.69 Å². The third kappa shape index (κ3) is 5.17. The summed E-state index contributed by atoms with van der Waals surface area (Å²) in [4.78, 5) is 37.1. The minimum atomic E-state index is -4.89. The Morgan fingerprint density at radius 2 is 1.89 bits per heavy atom. The lowest BCUT2D eigenvalue weighted by molar-refractivity contribution is -0.189. The molecule has 0 bridgehead atoms. The number of rotatable bonds is 7. The number of nitrogens with zero attached hydrogens (tertiary/aromatic N) is 3. The molecule has 0 spiro atoms. The van der Waals surface area contributed by atoms with E-state index in [1.807, 2.05) is 0 Å². The van der Waals surface area contributed by atoms with E-state index >= 15 is 4.39 Å². The zero-order valence-corrected chi connectivity index (χ0v) is 19.2. The van der Waals surface area contributed by atoms with Crippen LogP contribution in [0.2, 0.25) is 5.02 Å². The number of halogens is 6. The highest BCUT2D eigenvalue weighted by atomic mass is 35.5. The maximum atomic E-state index is 15.1. The molecule has 0 radical (unpaired) electrons. The number of nitrogens with one attached hydrogen (secondary N) is 1. The molecule has 2 amide bonds. The maximum Gasteiger partial charge on any atom is 0.425 e. The summed E-state index contributed by atoms with van der Waals surface area (Å²) in [6.07, 6.45) is -7.37. The first-order valence-electron chi connectivity index (χ1n) is 10.1. The second-order valence-corrected chi connectivity index (χ2v) is 7.69. The Labute approximate surface area is 204 Å². The number of para-hydroxylation sites is 1. The summed E-state index contributed by atoms with van der Waals surface area (Å²) in [6, 6.07) is 4.53. The summed E-state index contributed by atoms with van der Waals surface area (Å²) in [6.45, 7) is 2.01. The van der Waals surface area contributed by atoms with Crippen LogP contribution >= 0.6 is 11.6 Å². The van der Waals surface area contributed by atoms with Crippen molar-refractivity contribution in [1.82, 2.24) is 14.3 Å². The van der Waals surface area contributed by atoms with Crippen LogP contribution in [-0.2, 0) is 6.54 Å². The molecule has 2 aromatic carbocycles. The van der Waals surface area contributed by atoms with Crippen molar-refractivity contribution >= 4 is 29.1 Å². The van der Waals surface area contributed by atoms with Gasteiger partial charge in [0.1, 0.15) is 23.1 Å². The van der Waals surface area contributed by atoms with Gasteiger partial charge in [0.05, 0.1) is 16.3 Å². The maximum absolute atomic E-state index is 15.1. The number of amides is 2. The SMILES string of the molecule is CCn1c(C(N)=O)nn(-c2cc(O[C@@H](C)C(F)(F)F)c(C(=O)Nc3c(F)cccc3Cl)cc2F)c1=O. The van der Waals surface area contributed by atoms with Crippen LogP contribution in [-0.4, -0.2) is 38.4 Å².